The summed E-state index contributed by atoms with van der Waals surface area (Å²) in [5.41, 5.74) is 0.858. The van der Waals surface area contributed by atoms with E-state index in [-0.39, 0.29) is 22.9 Å². The summed E-state index contributed by atoms with van der Waals surface area (Å²) >= 11 is 1.50. The minimum Gasteiger partial charge on any atom is -0.497 e. The standard InChI is InChI=1S/C22H25FN2O3S/c1-15-4-5-17(14-20(15)23)22(27)25-12-10-24(11-13-25)21(26)16(2)29-19-8-6-18(28-3)7-9-19/h4-9,14,16H,10-13H2,1-3H3. The van der Waals surface area contributed by atoms with E-state index in [1.165, 1.54) is 17.8 Å². The largest absolute Gasteiger partial charge is 0.497 e. The molecule has 1 atom stereocenters. The highest BCUT2D eigenvalue weighted by atomic mass is 32.2. The topological polar surface area (TPSA) is 49.9 Å². The fourth-order valence-corrected chi connectivity index (χ4v) is 4.16. The van der Waals surface area contributed by atoms with Crippen molar-refractivity contribution in [3.05, 3.63) is 59.4 Å². The van der Waals surface area contributed by atoms with Crippen LogP contribution < -0.4 is 4.74 Å². The Hall–Kier alpha value is -2.54. The SMILES string of the molecule is COc1ccc(SC(C)C(=O)N2CCN(C(=O)c3ccc(C)c(F)c3)CC2)cc1. The van der Waals surface area contributed by atoms with E-state index in [9.17, 15) is 14.0 Å². The molecule has 7 heteroatoms. The molecule has 1 fully saturated rings. The third-order valence-electron chi connectivity index (χ3n) is 5.02. The van der Waals surface area contributed by atoms with E-state index in [4.69, 9.17) is 4.74 Å². The second-order valence-electron chi connectivity index (χ2n) is 7.02. The Balaban J connectivity index is 1.54. The van der Waals surface area contributed by atoms with Gasteiger partial charge in [-0.2, -0.15) is 0 Å². The van der Waals surface area contributed by atoms with Crippen LogP contribution in [-0.2, 0) is 4.79 Å². The molecule has 0 N–H and O–H groups in total. The zero-order valence-electron chi connectivity index (χ0n) is 16.9. The van der Waals surface area contributed by atoms with E-state index in [1.807, 2.05) is 31.2 Å². The quantitative estimate of drug-likeness (QED) is 0.699. The molecule has 1 unspecified atom stereocenters. The summed E-state index contributed by atoms with van der Waals surface area (Å²) in [6.07, 6.45) is 0. The van der Waals surface area contributed by atoms with E-state index >= 15 is 0 Å². The average Bonchev–Trinajstić information content (AvgIpc) is 2.75. The number of amides is 2. The molecule has 0 radical (unpaired) electrons. The lowest BCUT2D eigenvalue weighted by Crippen LogP contribution is -2.52. The van der Waals surface area contributed by atoms with Gasteiger partial charge in [-0.05, 0) is 55.8 Å². The first-order valence-corrected chi connectivity index (χ1v) is 10.4. The van der Waals surface area contributed by atoms with Gasteiger partial charge in [0.2, 0.25) is 5.91 Å². The lowest BCUT2D eigenvalue weighted by Gasteiger charge is -2.36. The Labute approximate surface area is 174 Å². The Morgan fingerprint density at radius 2 is 1.66 bits per heavy atom. The van der Waals surface area contributed by atoms with Crippen molar-refractivity contribution in [3.63, 3.8) is 0 Å². The number of piperazine rings is 1. The van der Waals surface area contributed by atoms with Crippen molar-refractivity contribution in [2.24, 2.45) is 0 Å². The van der Waals surface area contributed by atoms with Crippen molar-refractivity contribution in [2.45, 2.75) is 24.0 Å². The minimum atomic E-state index is -0.381. The predicted octanol–water partition coefficient (Wildman–Crippen LogP) is 3.61. The first-order chi connectivity index (χ1) is 13.9. The third kappa shape index (κ3) is 5.09. The van der Waals surface area contributed by atoms with Gasteiger partial charge in [0.15, 0.2) is 0 Å². The summed E-state index contributed by atoms with van der Waals surface area (Å²) in [6.45, 7) is 5.40. The number of hydrogen-bond acceptors (Lipinski definition) is 4. The number of carbonyl (C=O) groups excluding carboxylic acids is 2. The lowest BCUT2D eigenvalue weighted by atomic mass is 10.1. The molecule has 2 aromatic carbocycles. The van der Waals surface area contributed by atoms with Gasteiger partial charge in [-0.15, -0.1) is 11.8 Å². The monoisotopic (exact) mass is 416 g/mol. The van der Waals surface area contributed by atoms with Gasteiger partial charge in [0.25, 0.3) is 5.91 Å². The Kier molecular flexibility index (Phi) is 6.79. The van der Waals surface area contributed by atoms with Crippen LogP contribution in [0.3, 0.4) is 0 Å². The second kappa shape index (κ2) is 9.31. The van der Waals surface area contributed by atoms with Crippen molar-refractivity contribution in [2.75, 3.05) is 33.3 Å². The summed E-state index contributed by atoms with van der Waals surface area (Å²) in [7, 11) is 1.62. The average molecular weight is 417 g/mol. The van der Waals surface area contributed by atoms with Gasteiger partial charge >= 0.3 is 0 Å². The van der Waals surface area contributed by atoms with Crippen LogP contribution in [0.4, 0.5) is 4.39 Å². The zero-order chi connectivity index (χ0) is 21.0. The van der Waals surface area contributed by atoms with E-state index in [0.717, 1.165) is 10.6 Å². The predicted molar refractivity (Wildman–Crippen MR) is 112 cm³/mol. The molecule has 3 rings (SSSR count). The van der Waals surface area contributed by atoms with Gasteiger partial charge in [0.1, 0.15) is 11.6 Å². The van der Waals surface area contributed by atoms with Crippen LogP contribution in [0.15, 0.2) is 47.4 Å². The maximum atomic E-state index is 13.8. The summed E-state index contributed by atoms with van der Waals surface area (Å²) in [6, 6.07) is 12.2. The van der Waals surface area contributed by atoms with Crippen LogP contribution in [0.2, 0.25) is 0 Å². The first-order valence-electron chi connectivity index (χ1n) is 9.54. The van der Waals surface area contributed by atoms with Crippen molar-refractivity contribution in [3.8, 4) is 5.75 Å². The Morgan fingerprint density at radius 3 is 2.24 bits per heavy atom. The van der Waals surface area contributed by atoms with Gasteiger partial charge in [-0.1, -0.05) is 6.07 Å². The fourth-order valence-electron chi connectivity index (χ4n) is 3.20. The molecular formula is C22H25FN2O3S. The molecule has 2 aromatic rings. The summed E-state index contributed by atoms with van der Waals surface area (Å²) in [4.78, 5) is 29.9. The number of nitrogens with zero attached hydrogens (tertiary/aromatic N) is 2. The van der Waals surface area contributed by atoms with Crippen LogP contribution in [-0.4, -0.2) is 60.2 Å². The van der Waals surface area contributed by atoms with Crippen molar-refractivity contribution in [1.82, 2.24) is 9.80 Å². The molecule has 5 nitrogen and oxygen atoms in total. The molecule has 0 aliphatic carbocycles. The molecular weight excluding hydrogens is 391 g/mol. The van der Waals surface area contributed by atoms with Crippen LogP contribution in [0, 0.1) is 12.7 Å². The van der Waals surface area contributed by atoms with E-state index < -0.39 is 0 Å². The number of halogens is 1. The lowest BCUT2D eigenvalue weighted by molar-refractivity contribution is -0.131. The van der Waals surface area contributed by atoms with Gasteiger partial charge in [0.05, 0.1) is 12.4 Å². The molecule has 0 spiro atoms. The van der Waals surface area contributed by atoms with Gasteiger partial charge in [0, 0.05) is 36.6 Å². The minimum absolute atomic E-state index is 0.0549. The Morgan fingerprint density at radius 1 is 1.03 bits per heavy atom. The zero-order valence-corrected chi connectivity index (χ0v) is 17.7. The molecule has 154 valence electrons. The highest BCUT2D eigenvalue weighted by molar-refractivity contribution is 8.00. The molecule has 2 amide bonds. The summed E-state index contributed by atoms with van der Waals surface area (Å²) < 4.78 is 18.9. The summed E-state index contributed by atoms with van der Waals surface area (Å²) in [5, 5.41) is -0.225. The normalized spacial score (nSPS) is 15.2. The molecule has 1 aliphatic heterocycles. The highest BCUT2D eigenvalue weighted by Gasteiger charge is 2.28. The Bertz CT molecular complexity index is 880. The summed E-state index contributed by atoms with van der Waals surface area (Å²) in [5.74, 6) is 0.257. The van der Waals surface area contributed by atoms with Gasteiger partial charge < -0.3 is 14.5 Å². The molecule has 1 saturated heterocycles. The highest BCUT2D eigenvalue weighted by Crippen LogP contribution is 2.26. The molecule has 1 heterocycles. The van der Waals surface area contributed by atoms with Crippen LogP contribution >= 0.6 is 11.8 Å². The number of rotatable bonds is 5. The maximum absolute atomic E-state index is 13.8. The van der Waals surface area contributed by atoms with Gasteiger partial charge in [-0.3, -0.25) is 9.59 Å². The maximum Gasteiger partial charge on any atom is 0.254 e. The van der Waals surface area contributed by atoms with Crippen molar-refractivity contribution >= 4 is 23.6 Å². The van der Waals surface area contributed by atoms with Crippen molar-refractivity contribution in [1.29, 1.82) is 0 Å². The second-order valence-corrected chi connectivity index (χ2v) is 8.43. The van der Waals surface area contributed by atoms with Crippen LogP contribution in [0.5, 0.6) is 5.75 Å². The van der Waals surface area contributed by atoms with Crippen LogP contribution in [0.1, 0.15) is 22.8 Å². The fraction of sp³-hybridized carbons (Fsp3) is 0.364. The molecule has 0 saturated carbocycles. The van der Waals surface area contributed by atoms with Crippen LogP contribution in [0.25, 0.3) is 0 Å². The number of ether oxygens (including phenoxy) is 1. The number of carbonyl (C=O) groups is 2. The van der Waals surface area contributed by atoms with Crippen molar-refractivity contribution < 1.29 is 18.7 Å². The molecule has 0 aromatic heterocycles. The van der Waals surface area contributed by atoms with E-state index in [0.29, 0.717) is 37.3 Å². The number of aryl methyl sites for hydroxylation is 1. The number of thioether (sulfide) groups is 1. The van der Waals surface area contributed by atoms with E-state index in [2.05, 4.69) is 0 Å². The molecule has 29 heavy (non-hydrogen) atoms. The molecule has 1 aliphatic rings. The smallest absolute Gasteiger partial charge is 0.254 e. The third-order valence-corrected chi connectivity index (χ3v) is 6.12. The first kappa shape index (κ1) is 21.2. The molecule has 0 bridgehead atoms. The van der Waals surface area contributed by atoms with E-state index in [1.54, 1.807) is 36.0 Å². The number of benzene rings is 2. The number of hydrogen-bond donors (Lipinski definition) is 0. The van der Waals surface area contributed by atoms with Gasteiger partial charge in [-0.25, -0.2) is 4.39 Å². The number of methoxy groups -OCH3 is 1.